The van der Waals surface area contributed by atoms with Crippen LogP contribution in [0.25, 0.3) is 0 Å². The molecule has 9 heteroatoms. The first-order valence-corrected chi connectivity index (χ1v) is 7.38. The minimum atomic E-state index is -4.28. The van der Waals surface area contributed by atoms with Crippen LogP contribution in [0.15, 0.2) is 9.31 Å². The minimum Gasteiger partial charge on any atom is -0.478 e. The Hall–Kier alpha value is -1.87. The predicted molar refractivity (Wildman–Crippen MR) is 71.6 cm³/mol. The van der Waals surface area contributed by atoms with Crippen LogP contribution in [0.5, 0.6) is 0 Å². The number of hydrogen-bond donors (Lipinski definition) is 2. The Morgan fingerprint density at radius 1 is 1.24 bits per heavy atom. The molecule has 1 rings (SSSR count). The second-order valence-electron chi connectivity index (χ2n) is 4.95. The molecule has 1 heterocycles. The molecule has 0 aromatic carbocycles. The molecule has 0 spiro atoms. The fourth-order valence-corrected chi connectivity index (χ4v) is 3.70. The van der Waals surface area contributed by atoms with E-state index in [-0.39, 0.29) is 11.5 Å². The zero-order valence-corrected chi connectivity index (χ0v) is 13.1. The van der Waals surface area contributed by atoms with Gasteiger partial charge in [-0.2, -0.15) is 4.72 Å². The number of carboxylic acids is 1. The highest BCUT2D eigenvalue weighted by Gasteiger charge is 2.38. The number of carboxylic acid groups (broad SMARTS) is 1. The molecule has 0 aliphatic rings. The highest BCUT2D eigenvalue weighted by Crippen LogP contribution is 2.27. The zero-order valence-electron chi connectivity index (χ0n) is 12.3. The third-order valence-electron chi connectivity index (χ3n) is 2.77. The van der Waals surface area contributed by atoms with Crippen LogP contribution in [0.1, 0.15) is 35.7 Å². The van der Waals surface area contributed by atoms with Crippen molar-refractivity contribution in [2.45, 2.75) is 38.1 Å². The fourth-order valence-electron chi connectivity index (χ4n) is 1.92. The summed E-state index contributed by atoms with van der Waals surface area (Å²) in [5.74, 6) is -2.34. The Morgan fingerprint density at radius 3 is 2.19 bits per heavy atom. The Morgan fingerprint density at radius 2 is 1.76 bits per heavy atom. The van der Waals surface area contributed by atoms with Gasteiger partial charge in [-0.25, -0.2) is 13.2 Å². The lowest BCUT2D eigenvalue weighted by molar-refractivity contribution is -0.146. The summed E-state index contributed by atoms with van der Waals surface area (Å²) in [5, 5.41) is 9.13. The van der Waals surface area contributed by atoms with E-state index in [1.54, 1.807) is 0 Å². The number of carbonyl (C=O) groups excluding carboxylic acids is 1. The van der Waals surface area contributed by atoms with Gasteiger partial charge in [-0.1, -0.05) is 0 Å². The number of furan rings is 1. The lowest BCUT2D eigenvalue weighted by atomic mass is 10.1. The molecule has 21 heavy (non-hydrogen) atoms. The van der Waals surface area contributed by atoms with E-state index in [0.717, 1.165) is 7.11 Å². The van der Waals surface area contributed by atoms with Gasteiger partial charge >= 0.3 is 11.9 Å². The number of aromatic carboxylic acids is 1. The molecule has 0 fully saturated rings. The normalized spacial score (nSPS) is 12.2. The van der Waals surface area contributed by atoms with Gasteiger partial charge in [0, 0.05) is 0 Å². The number of carbonyl (C=O) groups is 2. The first kappa shape index (κ1) is 17.2. The minimum absolute atomic E-state index is 0.0313. The summed E-state index contributed by atoms with van der Waals surface area (Å²) in [4.78, 5) is 22.3. The fraction of sp³-hybridized carbons (Fsp3) is 0.500. The van der Waals surface area contributed by atoms with Gasteiger partial charge in [0.25, 0.3) is 0 Å². The van der Waals surface area contributed by atoms with Crippen molar-refractivity contribution in [1.82, 2.24) is 4.72 Å². The molecule has 1 aromatic heterocycles. The molecule has 0 saturated carbocycles. The summed E-state index contributed by atoms with van der Waals surface area (Å²) >= 11 is 0. The smallest absolute Gasteiger partial charge is 0.340 e. The van der Waals surface area contributed by atoms with E-state index in [2.05, 4.69) is 9.46 Å². The van der Waals surface area contributed by atoms with Crippen LogP contribution in [-0.4, -0.2) is 38.1 Å². The van der Waals surface area contributed by atoms with Crippen LogP contribution >= 0.6 is 0 Å². The maximum absolute atomic E-state index is 12.4. The van der Waals surface area contributed by atoms with E-state index in [1.165, 1.54) is 27.7 Å². The Bertz CT molecular complexity index is 685. The van der Waals surface area contributed by atoms with E-state index in [1.807, 2.05) is 0 Å². The van der Waals surface area contributed by atoms with Crippen molar-refractivity contribution in [3.05, 3.63) is 17.1 Å². The average molecular weight is 319 g/mol. The Labute approximate surface area is 122 Å². The molecule has 118 valence electrons. The molecule has 0 unspecified atom stereocenters. The third-order valence-corrected chi connectivity index (χ3v) is 4.58. The number of hydrogen-bond acceptors (Lipinski definition) is 6. The summed E-state index contributed by atoms with van der Waals surface area (Å²) in [6.07, 6.45) is 0. The lowest BCUT2D eigenvalue weighted by Crippen LogP contribution is -2.50. The molecule has 0 saturated heterocycles. The number of sulfonamides is 1. The van der Waals surface area contributed by atoms with Crippen LogP contribution in [0.3, 0.4) is 0 Å². The van der Waals surface area contributed by atoms with Gasteiger partial charge in [0.1, 0.15) is 27.5 Å². The Balaban J connectivity index is 3.40. The van der Waals surface area contributed by atoms with Crippen molar-refractivity contribution in [3.63, 3.8) is 0 Å². The van der Waals surface area contributed by atoms with E-state index in [0.29, 0.717) is 0 Å². The highest BCUT2D eigenvalue weighted by atomic mass is 32.2. The van der Waals surface area contributed by atoms with E-state index >= 15 is 0 Å². The van der Waals surface area contributed by atoms with Crippen molar-refractivity contribution in [2.24, 2.45) is 0 Å². The molecule has 2 N–H and O–H groups in total. The Kier molecular flexibility index (Phi) is 4.49. The maximum atomic E-state index is 12.4. The quantitative estimate of drug-likeness (QED) is 0.770. The van der Waals surface area contributed by atoms with Gasteiger partial charge in [0.15, 0.2) is 0 Å². The van der Waals surface area contributed by atoms with Crippen molar-refractivity contribution < 1.29 is 32.3 Å². The van der Waals surface area contributed by atoms with Gasteiger partial charge in [-0.15, -0.1) is 0 Å². The molecule has 0 radical (unpaired) electrons. The number of ether oxygens (including phenoxy) is 1. The van der Waals surface area contributed by atoms with E-state index in [9.17, 15) is 18.0 Å². The van der Waals surface area contributed by atoms with Crippen LogP contribution in [0.4, 0.5) is 0 Å². The average Bonchev–Trinajstić information content (AvgIpc) is 2.62. The largest absolute Gasteiger partial charge is 0.478 e. The van der Waals surface area contributed by atoms with Crippen molar-refractivity contribution in [1.29, 1.82) is 0 Å². The van der Waals surface area contributed by atoms with Gasteiger partial charge in [0.2, 0.25) is 10.0 Å². The molecule has 0 amide bonds. The van der Waals surface area contributed by atoms with Crippen molar-refractivity contribution in [3.8, 4) is 0 Å². The summed E-state index contributed by atoms with van der Waals surface area (Å²) in [6, 6.07) is 0. The van der Waals surface area contributed by atoms with Gasteiger partial charge in [-0.3, -0.25) is 4.79 Å². The standard InChI is InChI=1S/C12H17NO7S/c1-6-8(10(14)15)9(7(2)20-6)21(17,18)13-12(3,4)11(16)19-5/h13H,1-5H3,(H,14,15). The second kappa shape index (κ2) is 5.49. The highest BCUT2D eigenvalue weighted by molar-refractivity contribution is 7.89. The van der Waals surface area contributed by atoms with Gasteiger partial charge in [0.05, 0.1) is 7.11 Å². The molecular formula is C12H17NO7S. The molecule has 8 nitrogen and oxygen atoms in total. The number of esters is 1. The topological polar surface area (TPSA) is 123 Å². The number of aryl methyl sites for hydroxylation is 2. The number of nitrogens with one attached hydrogen (secondary N) is 1. The lowest BCUT2D eigenvalue weighted by Gasteiger charge is -2.22. The first-order valence-electron chi connectivity index (χ1n) is 5.89. The molecule has 0 bridgehead atoms. The van der Waals surface area contributed by atoms with Crippen molar-refractivity contribution in [2.75, 3.05) is 7.11 Å². The van der Waals surface area contributed by atoms with Gasteiger partial charge < -0.3 is 14.3 Å². The summed E-state index contributed by atoms with van der Waals surface area (Å²) in [7, 11) is -3.16. The van der Waals surface area contributed by atoms with Gasteiger partial charge in [-0.05, 0) is 27.7 Å². The summed E-state index contributed by atoms with van der Waals surface area (Å²) in [6.45, 7) is 5.29. The SMILES string of the molecule is COC(=O)C(C)(C)NS(=O)(=O)c1c(C)oc(C)c1C(=O)O. The van der Waals surface area contributed by atoms with Crippen molar-refractivity contribution >= 4 is 22.0 Å². The molecule has 1 aromatic rings. The van der Waals surface area contributed by atoms with Crippen LogP contribution in [0.2, 0.25) is 0 Å². The maximum Gasteiger partial charge on any atom is 0.340 e. The molecule has 0 aliphatic carbocycles. The number of methoxy groups -OCH3 is 1. The van der Waals surface area contributed by atoms with Crippen LogP contribution in [0, 0.1) is 13.8 Å². The predicted octanol–water partition coefficient (Wildman–Crippen LogP) is 0.825. The molecule has 0 atom stereocenters. The van der Waals surface area contributed by atoms with E-state index in [4.69, 9.17) is 9.52 Å². The molecule has 0 aliphatic heterocycles. The summed E-state index contributed by atoms with van der Waals surface area (Å²) in [5.41, 5.74) is -2.01. The zero-order chi connectivity index (χ0) is 16.6. The number of rotatable bonds is 5. The van der Waals surface area contributed by atoms with Crippen LogP contribution in [-0.2, 0) is 19.6 Å². The molecular weight excluding hydrogens is 302 g/mol. The van der Waals surface area contributed by atoms with Crippen LogP contribution < -0.4 is 4.72 Å². The van der Waals surface area contributed by atoms with E-state index < -0.39 is 38.0 Å². The summed E-state index contributed by atoms with van der Waals surface area (Å²) < 4.78 is 36.5. The third kappa shape index (κ3) is 3.24. The monoisotopic (exact) mass is 319 g/mol. The first-order chi connectivity index (χ1) is 9.44. The second-order valence-corrected chi connectivity index (χ2v) is 6.57.